The zero-order valence-corrected chi connectivity index (χ0v) is 16.6. The van der Waals surface area contributed by atoms with E-state index in [2.05, 4.69) is 13.8 Å². The van der Waals surface area contributed by atoms with E-state index in [4.69, 9.17) is 4.74 Å². The number of hydrogen-bond donors (Lipinski definition) is 1. The molecule has 0 amide bonds. The fourth-order valence-electron chi connectivity index (χ4n) is 8.21. The van der Waals surface area contributed by atoms with Gasteiger partial charge >= 0.3 is 5.97 Å². The number of ether oxygens (including phenoxy) is 1. The zero-order chi connectivity index (χ0) is 18.8. The summed E-state index contributed by atoms with van der Waals surface area (Å²) in [4.78, 5) is 23.3. The van der Waals surface area contributed by atoms with E-state index in [1.807, 2.05) is 0 Å². The van der Waals surface area contributed by atoms with Crippen molar-refractivity contribution in [1.82, 2.24) is 0 Å². The summed E-state index contributed by atoms with van der Waals surface area (Å²) in [6, 6.07) is 0. The third-order valence-corrected chi connectivity index (χ3v) is 9.16. The summed E-state index contributed by atoms with van der Waals surface area (Å²) >= 11 is 0. The van der Waals surface area contributed by atoms with Crippen LogP contribution in [0.1, 0.15) is 78.6 Å². The number of hydrogen-bond acceptors (Lipinski definition) is 4. The van der Waals surface area contributed by atoms with Crippen LogP contribution in [0.2, 0.25) is 0 Å². The summed E-state index contributed by atoms with van der Waals surface area (Å²) in [6.07, 6.45) is 10.8. The number of esters is 1. The lowest BCUT2D eigenvalue weighted by Crippen LogP contribution is -2.56. The minimum Gasteiger partial charge on any atom is -0.463 e. The standard InChI is InChI=1S/C22H34O4/c1-15(24)26-14-22(25)12-21-10-7-17-19(2,13-23)8-4-9-20(17,3)18(21)6-5-16(22)11-21/h13,16-18,25H,4-12,14H2,1-3H3. The predicted octanol–water partition coefficient (Wildman–Crippen LogP) is 3.89. The van der Waals surface area contributed by atoms with Crippen LogP contribution >= 0.6 is 0 Å². The Bertz CT molecular complexity index is 617. The highest BCUT2D eigenvalue weighted by Gasteiger charge is 2.67. The maximum atomic E-state index is 12.0. The van der Waals surface area contributed by atoms with Crippen molar-refractivity contribution < 1.29 is 19.4 Å². The average molecular weight is 363 g/mol. The molecular weight excluding hydrogens is 328 g/mol. The first-order valence-corrected chi connectivity index (χ1v) is 10.5. The first kappa shape index (κ1) is 18.5. The summed E-state index contributed by atoms with van der Waals surface area (Å²) in [7, 11) is 0. The molecule has 4 fully saturated rings. The van der Waals surface area contributed by atoms with Crippen molar-refractivity contribution in [3.05, 3.63) is 0 Å². The second-order valence-electron chi connectivity index (χ2n) is 10.5. The fourth-order valence-corrected chi connectivity index (χ4v) is 8.21. The highest BCUT2D eigenvalue weighted by atomic mass is 16.5. The number of fused-ring (bicyclic) bond motifs is 3. The van der Waals surface area contributed by atoms with Crippen LogP contribution in [0.4, 0.5) is 0 Å². The highest BCUT2D eigenvalue weighted by Crippen LogP contribution is 2.72. The third-order valence-electron chi connectivity index (χ3n) is 9.16. The molecule has 4 nitrogen and oxygen atoms in total. The predicted molar refractivity (Wildman–Crippen MR) is 98.3 cm³/mol. The molecule has 4 aliphatic rings. The number of aliphatic hydroxyl groups is 1. The van der Waals surface area contributed by atoms with Gasteiger partial charge in [-0.05, 0) is 80.0 Å². The molecule has 1 spiro atoms. The molecule has 0 radical (unpaired) electrons. The molecular formula is C22H34O4. The van der Waals surface area contributed by atoms with Crippen LogP contribution < -0.4 is 0 Å². The van der Waals surface area contributed by atoms with E-state index in [-0.39, 0.29) is 34.7 Å². The molecule has 0 heterocycles. The van der Waals surface area contributed by atoms with Gasteiger partial charge in [-0.1, -0.05) is 20.3 Å². The Morgan fingerprint density at radius 1 is 1.15 bits per heavy atom. The van der Waals surface area contributed by atoms with Crippen LogP contribution in [0.5, 0.6) is 0 Å². The SMILES string of the molecule is CC(=O)OCC1(O)CC23CCC4C(C)(C=O)CCCC4(C)C2CCC1C3. The van der Waals surface area contributed by atoms with Gasteiger partial charge in [-0.2, -0.15) is 0 Å². The second-order valence-corrected chi connectivity index (χ2v) is 10.5. The highest BCUT2D eigenvalue weighted by molar-refractivity contribution is 5.66. The number of carbonyl (C=O) groups is 2. The third kappa shape index (κ3) is 2.43. The Hall–Kier alpha value is -0.900. The molecule has 4 aliphatic carbocycles. The van der Waals surface area contributed by atoms with Crippen molar-refractivity contribution in [3.63, 3.8) is 0 Å². The molecule has 7 unspecified atom stereocenters. The second kappa shape index (κ2) is 5.80. The lowest BCUT2D eigenvalue weighted by atomic mass is 9.41. The van der Waals surface area contributed by atoms with Crippen LogP contribution in [0, 0.1) is 34.0 Å². The van der Waals surface area contributed by atoms with Crippen LogP contribution in [0.25, 0.3) is 0 Å². The van der Waals surface area contributed by atoms with Gasteiger partial charge in [0.2, 0.25) is 0 Å². The Labute approximate surface area is 157 Å². The minimum atomic E-state index is -0.855. The Balaban J connectivity index is 1.64. The number of rotatable bonds is 3. The molecule has 2 bridgehead atoms. The van der Waals surface area contributed by atoms with Crippen molar-refractivity contribution in [2.75, 3.05) is 6.61 Å². The number of carbonyl (C=O) groups excluding carboxylic acids is 2. The van der Waals surface area contributed by atoms with Gasteiger partial charge in [0.25, 0.3) is 0 Å². The van der Waals surface area contributed by atoms with E-state index in [0.29, 0.717) is 11.8 Å². The Morgan fingerprint density at radius 2 is 1.92 bits per heavy atom. The van der Waals surface area contributed by atoms with Crippen molar-refractivity contribution in [2.24, 2.45) is 34.0 Å². The minimum absolute atomic E-state index is 0.146. The van der Waals surface area contributed by atoms with Gasteiger partial charge in [-0.25, -0.2) is 0 Å². The lowest BCUT2D eigenvalue weighted by molar-refractivity contribution is -0.158. The summed E-state index contributed by atoms with van der Waals surface area (Å²) < 4.78 is 5.26. The molecule has 4 rings (SSSR count). The summed E-state index contributed by atoms with van der Waals surface area (Å²) in [5.41, 5.74) is -0.668. The zero-order valence-electron chi connectivity index (χ0n) is 16.6. The Morgan fingerprint density at radius 3 is 2.62 bits per heavy atom. The molecule has 0 aromatic carbocycles. The molecule has 4 saturated carbocycles. The van der Waals surface area contributed by atoms with Gasteiger partial charge in [0, 0.05) is 12.3 Å². The molecule has 4 heteroatoms. The van der Waals surface area contributed by atoms with Crippen molar-refractivity contribution in [1.29, 1.82) is 0 Å². The quantitative estimate of drug-likeness (QED) is 0.611. The summed E-state index contributed by atoms with van der Waals surface area (Å²) in [6.45, 7) is 6.18. The van der Waals surface area contributed by atoms with E-state index >= 15 is 0 Å². The molecule has 1 N–H and O–H groups in total. The van der Waals surface area contributed by atoms with Gasteiger partial charge in [0.05, 0.1) is 0 Å². The normalized spacial score (nSPS) is 52.7. The van der Waals surface area contributed by atoms with Gasteiger partial charge in [0.15, 0.2) is 0 Å². The van der Waals surface area contributed by atoms with E-state index in [9.17, 15) is 14.7 Å². The molecule has 0 saturated heterocycles. The first-order valence-electron chi connectivity index (χ1n) is 10.5. The van der Waals surface area contributed by atoms with Crippen LogP contribution in [-0.4, -0.2) is 29.6 Å². The van der Waals surface area contributed by atoms with Crippen molar-refractivity contribution in [3.8, 4) is 0 Å². The van der Waals surface area contributed by atoms with Gasteiger partial charge in [0.1, 0.15) is 18.5 Å². The molecule has 7 atom stereocenters. The van der Waals surface area contributed by atoms with E-state index < -0.39 is 5.60 Å². The largest absolute Gasteiger partial charge is 0.463 e. The van der Waals surface area contributed by atoms with E-state index in [1.54, 1.807) is 0 Å². The summed E-state index contributed by atoms with van der Waals surface area (Å²) in [5.74, 6) is 0.990. The molecule has 0 aromatic heterocycles. The van der Waals surface area contributed by atoms with Crippen LogP contribution in [-0.2, 0) is 14.3 Å². The summed E-state index contributed by atoms with van der Waals surface area (Å²) in [5, 5.41) is 11.3. The van der Waals surface area contributed by atoms with Gasteiger partial charge in [-0.15, -0.1) is 0 Å². The van der Waals surface area contributed by atoms with Crippen molar-refractivity contribution in [2.45, 2.75) is 84.2 Å². The van der Waals surface area contributed by atoms with Gasteiger partial charge < -0.3 is 14.6 Å². The van der Waals surface area contributed by atoms with Crippen LogP contribution in [0.3, 0.4) is 0 Å². The number of aldehydes is 1. The molecule has 0 aromatic rings. The monoisotopic (exact) mass is 362 g/mol. The maximum Gasteiger partial charge on any atom is 0.302 e. The smallest absolute Gasteiger partial charge is 0.302 e. The first-order chi connectivity index (χ1) is 12.2. The average Bonchev–Trinajstić information content (AvgIpc) is 2.79. The van der Waals surface area contributed by atoms with Gasteiger partial charge in [-0.3, -0.25) is 4.79 Å². The van der Waals surface area contributed by atoms with Crippen molar-refractivity contribution >= 4 is 12.3 Å². The van der Waals surface area contributed by atoms with Crippen LogP contribution in [0.15, 0.2) is 0 Å². The fraction of sp³-hybridized carbons (Fsp3) is 0.909. The molecule has 0 aliphatic heterocycles. The maximum absolute atomic E-state index is 12.0. The topological polar surface area (TPSA) is 63.6 Å². The van der Waals surface area contributed by atoms with E-state index in [1.165, 1.54) is 19.6 Å². The molecule has 146 valence electrons. The Kier molecular flexibility index (Phi) is 4.12. The lowest BCUT2D eigenvalue weighted by Gasteiger charge is -2.63. The van der Waals surface area contributed by atoms with E-state index in [0.717, 1.165) is 51.4 Å². The molecule has 26 heavy (non-hydrogen) atoms.